The van der Waals surface area contributed by atoms with Crippen molar-refractivity contribution >= 4 is 63.5 Å². The van der Waals surface area contributed by atoms with Crippen molar-refractivity contribution in [3.05, 3.63) is 79.6 Å². The summed E-state index contributed by atoms with van der Waals surface area (Å²) in [5, 5.41) is 8.23. The van der Waals surface area contributed by atoms with Gasteiger partial charge in [-0.3, -0.25) is 9.59 Å². The maximum Gasteiger partial charge on any atom is 0.341 e. The smallest absolute Gasteiger partial charge is 0.341 e. The Labute approximate surface area is 246 Å². The maximum atomic E-state index is 13.0. The Morgan fingerprint density at radius 3 is 2.62 bits per heavy atom. The van der Waals surface area contributed by atoms with Gasteiger partial charge >= 0.3 is 5.97 Å². The number of hydrogen-bond donors (Lipinski definition) is 2. The van der Waals surface area contributed by atoms with E-state index in [1.807, 2.05) is 0 Å². The number of carbonyl (C=O) groups excluding carboxylic acids is 3. The van der Waals surface area contributed by atoms with Crippen LogP contribution >= 0.6 is 34.5 Å². The van der Waals surface area contributed by atoms with Gasteiger partial charge in [-0.2, -0.15) is 5.10 Å². The minimum Gasteiger partial charge on any atom is -0.481 e. The van der Waals surface area contributed by atoms with E-state index in [9.17, 15) is 14.4 Å². The van der Waals surface area contributed by atoms with Crippen LogP contribution in [-0.4, -0.2) is 36.7 Å². The molecule has 2 N–H and O–H groups in total. The van der Waals surface area contributed by atoms with E-state index in [1.165, 1.54) is 17.6 Å². The average Bonchev–Trinajstić information content (AvgIpc) is 3.27. The molecule has 0 aliphatic heterocycles. The third-order valence-corrected chi connectivity index (χ3v) is 8.09. The molecule has 4 rings (SSSR count). The summed E-state index contributed by atoms with van der Waals surface area (Å²) in [6.45, 7) is 5.78. The Morgan fingerprint density at radius 1 is 1.18 bits per heavy atom. The number of halogens is 2. The Morgan fingerprint density at radius 2 is 1.93 bits per heavy atom. The predicted octanol–water partition coefficient (Wildman–Crippen LogP) is 6.53. The molecule has 210 valence electrons. The number of rotatable bonds is 9. The Hall–Kier alpha value is -3.40. The number of ether oxygens (including phenoxy) is 2. The highest BCUT2D eigenvalue weighted by Gasteiger charge is 2.29. The monoisotopic (exact) mass is 601 g/mol. The number of thiophene rings is 1. The van der Waals surface area contributed by atoms with Gasteiger partial charge in [0.05, 0.1) is 23.4 Å². The molecule has 2 aromatic carbocycles. The second kappa shape index (κ2) is 13.3. The molecule has 0 saturated carbocycles. The zero-order valence-corrected chi connectivity index (χ0v) is 24.6. The van der Waals surface area contributed by atoms with Crippen LogP contribution in [0.4, 0.5) is 5.00 Å². The SMILES string of the molecule is CCOC(=O)c1c(NC(=O)c2ccc(OC(C)C(=O)N/N=C/c3ccc(Cl)cc3Cl)cc2)sc2c1CCC(C)C2. The molecule has 3 aromatic rings. The average molecular weight is 603 g/mol. The second-order valence-electron chi connectivity index (χ2n) is 9.42. The quantitative estimate of drug-likeness (QED) is 0.165. The summed E-state index contributed by atoms with van der Waals surface area (Å²) in [5.41, 5.74) is 4.83. The molecule has 2 amide bonds. The van der Waals surface area contributed by atoms with Gasteiger partial charge in [-0.25, -0.2) is 10.2 Å². The van der Waals surface area contributed by atoms with Gasteiger partial charge in [-0.05, 0) is 81.0 Å². The van der Waals surface area contributed by atoms with E-state index in [1.54, 1.807) is 56.3 Å². The van der Waals surface area contributed by atoms with Gasteiger partial charge in [0.15, 0.2) is 6.10 Å². The molecule has 0 spiro atoms. The minimum atomic E-state index is -0.857. The first-order chi connectivity index (χ1) is 19.2. The Balaban J connectivity index is 1.37. The Bertz CT molecular complexity index is 1440. The number of benzene rings is 2. The van der Waals surface area contributed by atoms with Crippen LogP contribution in [0.2, 0.25) is 10.0 Å². The lowest BCUT2D eigenvalue weighted by Crippen LogP contribution is -2.33. The molecule has 2 atom stereocenters. The molecular formula is C29H29Cl2N3O5S. The number of esters is 1. The summed E-state index contributed by atoms with van der Waals surface area (Å²) < 4.78 is 11.0. The van der Waals surface area contributed by atoms with Crippen LogP contribution in [0.25, 0.3) is 0 Å². The number of hydrogen-bond acceptors (Lipinski definition) is 7. The molecule has 1 aliphatic rings. The summed E-state index contributed by atoms with van der Waals surface area (Å²) in [6, 6.07) is 11.3. The van der Waals surface area contributed by atoms with E-state index in [0.717, 1.165) is 29.7 Å². The number of anilines is 1. The molecule has 1 aromatic heterocycles. The highest BCUT2D eigenvalue weighted by molar-refractivity contribution is 7.17. The zero-order valence-electron chi connectivity index (χ0n) is 22.3. The van der Waals surface area contributed by atoms with Gasteiger partial charge in [-0.15, -0.1) is 11.3 Å². The maximum absolute atomic E-state index is 13.0. The van der Waals surface area contributed by atoms with Crippen LogP contribution in [0.5, 0.6) is 5.75 Å². The number of nitrogens with one attached hydrogen (secondary N) is 2. The van der Waals surface area contributed by atoms with Crippen LogP contribution in [0.1, 0.15) is 63.9 Å². The number of carbonyl (C=O) groups is 3. The lowest BCUT2D eigenvalue weighted by molar-refractivity contribution is -0.127. The third kappa shape index (κ3) is 7.21. The van der Waals surface area contributed by atoms with Gasteiger partial charge in [-0.1, -0.05) is 36.2 Å². The van der Waals surface area contributed by atoms with E-state index in [0.29, 0.717) is 43.4 Å². The van der Waals surface area contributed by atoms with Gasteiger partial charge in [0.25, 0.3) is 11.8 Å². The number of hydrazone groups is 1. The van der Waals surface area contributed by atoms with Gasteiger partial charge in [0, 0.05) is 21.0 Å². The van der Waals surface area contributed by atoms with Crippen molar-refractivity contribution in [3.63, 3.8) is 0 Å². The zero-order chi connectivity index (χ0) is 28.8. The molecule has 8 nitrogen and oxygen atoms in total. The molecule has 40 heavy (non-hydrogen) atoms. The predicted molar refractivity (Wildman–Crippen MR) is 158 cm³/mol. The Kier molecular flexibility index (Phi) is 9.84. The number of fused-ring (bicyclic) bond motifs is 1. The summed E-state index contributed by atoms with van der Waals surface area (Å²) in [5.74, 6) is -0.316. The van der Waals surface area contributed by atoms with Crippen LogP contribution in [0.3, 0.4) is 0 Å². The van der Waals surface area contributed by atoms with E-state index < -0.39 is 18.0 Å². The summed E-state index contributed by atoms with van der Waals surface area (Å²) in [7, 11) is 0. The molecular weight excluding hydrogens is 573 g/mol. The molecule has 11 heteroatoms. The van der Waals surface area contributed by atoms with Gasteiger partial charge in [0.1, 0.15) is 10.8 Å². The third-order valence-electron chi connectivity index (χ3n) is 6.36. The minimum absolute atomic E-state index is 0.258. The molecule has 2 unspecified atom stereocenters. The van der Waals surface area contributed by atoms with Crippen LogP contribution in [-0.2, 0) is 22.4 Å². The van der Waals surface area contributed by atoms with Crippen molar-refractivity contribution in [3.8, 4) is 5.75 Å². The van der Waals surface area contributed by atoms with Crippen molar-refractivity contribution in [2.45, 2.75) is 46.1 Å². The first-order valence-electron chi connectivity index (χ1n) is 12.8. The lowest BCUT2D eigenvalue weighted by Gasteiger charge is -2.18. The fourth-order valence-electron chi connectivity index (χ4n) is 4.24. The van der Waals surface area contributed by atoms with E-state index >= 15 is 0 Å². The molecule has 1 heterocycles. The van der Waals surface area contributed by atoms with Crippen molar-refractivity contribution in [2.24, 2.45) is 11.0 Å². The first kappa shape index (κ1) is 29.6. The van der Waals surface area contributed by atoms with Crippen LogP contribution in [0.15, 0.2) is 47.6 Å². The second-order valence-corrected chi connectivity index (χ2v) is 11.4. The van der Waals surface area contributed by atoms with Gasteiger partial charge < -0.3 is 14.8 Å². The van der Waals surface area contributed by atoms with Crippen molar-refractivity contribution < 1.29 is 23.9 Å². The number of nitrogens with zero attached hydrogens (tertiary/aromatic N) is 1. The standard InChI is InChI=1S/C29H29Cl2N3O5S/c1-4-38-29(37)25-22-12-5-16(2)13-24(22)40-28(25)33-27(36)18-7-10-21(11-8-18)39-17(3)26(35)34-32-15-19-6-9-20(30)14-23(19)31/h6-11,14-17H,4-5,12-13H2,1-3H3,(H,33,36)(H,34,35)/b32-15+. The molecule has 0 saturated heterocycles. The van der Waals surface area contributed by atoms with Crippen molar-refractivity contribution in [1.29, 1.82) is 0 Å². The van der Waals surface area contributed by atoms with Crippen LogP contribution < -0.4 is 15.5 Å². The summed E-state index contributed by atoms with van der Waals surface area (Å²) >= 11 is 13.4. The summed E-state index contributed by atoms with van der Waals surface area (Å²) in [4.78, 5) is 39.3. The van der Waals surface area contributed by atoms with E-state index in [4.69, 9.17) is 32.7 Å². The fraction of sp³-hybridized carbons (Fsp3) is 0.310. The normalized spacial score (nSPS) is 15.3. The molecule has 0 radical (unpaired) electrons. The van der Waals surface area contributed by atoms with Crippen molar-refractivity contribution in [1.82, 2.24) is 5.43 Å². The molecule has 0 bridgehead atoms. The summed E-state index contributed by atoms with van der Waals surface area (Å²) in [6.07, 6.45) is 3.21. The topological polar surface area (TPSA) is 106 Å². The van der Waals surface area contributed by atoms with E-state index in [2.05, 4.69) is 22.8 Å². The fourth-order valence-corrected chi connectivity index (χ4v) is 6.09. The highest BCUT2D eigenvalue weighted by atomic mass is 35.5. The van der Waals surface area contributed by atoms with Crippen LogP contribution in [0, 0.1) is 5.92 Å². The largest absolute Gasteiger partial charge is 0.481 e. The van der Waals surface area contributed by atoms with Crippen molar-refractivity contribution in [2.75, 3.05) is 11.9 Å². The number of amides is 2. The lowest BCUT2D eigenvalue weighted by atomic mass is 9.88. The molecule has 0 fully saturated rings. The first-order valence-corrected chi connectivity index (χ1v) is 14.4. The highest BCUT2D eigenvalue weighted by Crippen LogP contribution is 2.40. The molecule has 1 aliphatic carbocycles. The van der Waals surface area contributed by atoms with Gasteiger partial charge in [0.2, 0.25) is 0 Å². The van der Waals surface area contributed by atoms with E-state index in [-0.39, 0.29) is 12.5 Å².